The van der Waals surface area contributed by atoms with Crippen molar-refractivity contribution in [3.8, 4) is 11.1 Å². The SMILES string of the molecule is CN=C(C=CC(C)C)c1ccc2c(c1)C(C)(C)c1ccccc1-2. The van der Waals surface area contributed by atoms with Crippen LogP contribution in [0.2, 0.25) is 0 Å². The Labute approximate surface area is 139 Å². The number of hydrogen-bond acceptors (Lipinski definition) is 1. The fourth-order valence-electron chi connectivity index (χ4n) is 3.45. The third kappa shape index (κ3) is 2.65. The Bertz CT molecular complexity index is 791. The normalized spacial score (nSPS) is 16.0. The molecule has 23 heavy (non-hydrogen) atoms. The molecular formula is C22H25N. The molecule has 0 bridgehead atoms. The highest BCUT2D eigenvalue weighted by Gasteiger charge is 2.35. The molecule has 0 radical (unpaired) electrons. The Morgan fingerprint density at radius 2 is 1.70 bits per heavy atom. The summed E-state index contributed by atoms with van der Waals surface area (Å²) in [6.45, 7) is 9.00. The molecule has 1 heteroatoms. The summed E-state index contributed by atoms with van der Waals surface area (Å²) in [4.78, 5) is 4.48. The Morgan fingerprint density at radius 1 is 1.00 bits per heavy atom. The average molecular weight is 303 g/mol. The summed E-state index contributed by atoms with van der Waals surface area (Å²) in [6, 6.07) is 15.5. The van der Waals surface area contributed by atoms with Crippen molar-refractivity contribution in [2.45, 2.75) is 33.1 Å². The van der Waals surface area contributed by atoms with Gasteiger partial charge in [0.05, 0.1) is 5.71 Å². The van der Waals surface area contributed by atoms with Gasteiger partial charge in [0, 0.05) is 12.5 Å². The molecule has 1 aliphatic carbocycles. The number of rotatable bonds is 3. The van der Waals surface area contributed by atoms with Gasteiger partial charge in [0.1, 0.15) is 0 Å². The molecule has 0 heterocycles. The number of aliphatic imine (C=N–C) groups is 1. The van der Waals surface area contributed by atoms with Crippen molar-refractivity contribution < 1.29 is 0 Å². The third-order valence-electron chi connectivity index (χ3n) is 4.76. The Hall–Kier alpha value is -2.15. The first-order valence-electron chi connectivity index (χ1n) is 8.35. The molecule has 0 N–H and O–H groups in total. The van der Waals surface area contributed by atoms with Crippen molar-refractivity contribution in [1.82, 2.24) is 0 Å². The molecular weight excluding hydrogens is 278 g/mol. The minimum absolute atomic E-state index is 0.0442. The lowest BCUT2D eigenvalue weighted by atomic mass is 9.82. The second kappa shape index (κ2) is 5.81. The number of benzene rings is 2. The van der Waals surface area contributed by atoms with E-state index in [1.165, 1.54) is 27.8 Å². The first kappa shape index (κ1) is 15.7. The van der Waals surface area contributed by atoms with Gasteiger partial charge in [-0.05, 0) is 45.9 Å². The number of allylic oxidation sites excluding steroid dienone is 2. The van der Waals surface area contributed by atoms with E-state index in [2.05, 4.69) is 87.3 Å². The molecule has 3 rings (SSSR count). The van der Waals surface area contributed by atoms with Crippen LogP contribution in [0.15, 0.2) is 59.6 Å². The van der Waals surface area contributed by atoms with E-state index in [-0.39, 0.29) is 5.41 Å². The molecule has 0 fully saturated rings. The van der Waals surface area contributed by atoms with Gasteiger partial charge in [-0.25, -0.2) is 0 Å². The minimum atomic E-state index is 0.0442. The number of nitrogens with zero attached hydrogens (tertiary/aromatic N) is 1. The fourth-order valence-corrected chi connectivity index (χ4v) is 3.45. The van der Waals surface area contributed by atoms with Crippen molar-refractivity contribution in [2.24, 2.45) is 10.9 Å². The highest BCUT2D eigenvalue weighted by molar-refractivity contribution is 6.09. The van der Waals surface area contributed by atoms with Crippen molar-refractivity contribution in [1.29, 1.82) is 0 Å². The highest BCUT2D eigenvalue weighted by atomic mass is 14.7. The van der Waals surface area contributed by atoms with Crippen LogP contribution in [-0.2, 0) is 5.41 Å². The fraction of sp³-hybridized carbons (Fsp3) is 0.318. The monoisotopic (exact) mass is 303 g/mol. The van der Waals surface area contributed by atoms with E-state index in [9.17, 15) is 0 Å². The lowest BCUT2D eigenvalue weighted by Crippen LogP contribution is -2.15. The summed E-state index contributed by atoms with van der Waals surface area (Å²) in [6.07, 6.45) is 4.34. The van der Waals surface area contributed by atoms with Gasteiger partial charge in [0.25, 0.3) is 0 Å². The van der Waals surface area contributed by atoms with Crippen LogP contribution in [0.4, 0.5) is 0 Å². The van der Waals surface area contributed by atoms with Crippen LogP contribution >= 0.6 is 0 Å². The summed E-state index contributed by atoms with van der Waals surface area (Å²) >= 11 is 0. The lowest BCUT2D eigenvalue weighted by molar-refractivity contribution is 0.660. The van der Waals surface area contributed by atoms with Gasteiger partial charge >= 0.3 is 0 Å². The topological polar surface area (TPSA) is 12.4 Å². The van der Waals surface area contributed by atoms with E-state index in [1.54, 1.807) is 0 Å². The Kier molecular flexibility index (Phi) is 3.97. The largest absolute Gasteiger partial charge is 0.288 e. The maximum Gasteiger partial charge on any atom is 0.0640 e. The van der Waals surface area contributed by atoms with Crippen molar-refractivity contribution in [3.05, 3.63) is 71.3 Å². The van der Waals surface area contributed by atoms with E-state index in [4.69, 9.17) is 0 Å². The van der Waals surface area contributed by atoms with Gasteiger partial charge in [-0.3, -0.25) is 4.99 Å². The van der Waals surface area contributed by atoms with Gasteiger partial charge in [-0.1, -0.05) is 70.2 Å². The summed E-state index contributed by atoms with van der Waals surface area (Å²) in [5.74, 6) is 0.530. The Balaban J connectivity index is 2.10. The first-order chi connectivity index (χ1) is 10.9. The molecule has 0 unspecified atom stereocenters. The van der Waals surface area contributed by atoms with E-state index in [0.29, 0.717) is 5.92 Å². The van der Waals surface area contributed by atoms with Gasteiger partial charge in [-0.2, -0.15) is 0 Å². The molecule has 118 valence electrons. The zero-order valence-corrected chi connectivity index (χ0v) is 14.7. The summed E-state index contributed by atoms with van der Waals surface area (Å²) < 4.78 is 0. The smallest absolute Gasteiger partial charge is 0.0640 e. The van der Waals surface area contributed by atoms with Crippen LogP contribution in [0.1, 0.15) is 44.4 Å². The molecule has 0 atom stereocenters. The third-order valence-corrected chi connectivity index (χ3v) is 4.76. The quantitative estimate of drug-likeness (QED) is 0.652. The van der Waals surface area contributed by atoms with Crippen LogP contribution in [-0.4, -0.2) is 12.8 Å². The highest BCUT2D eigenvalue weighted by Crippen LogP contribution is 2.48. The van der Waals surface area contributed by atoms with Gasteiger partial charge in [0.15, 0.2) is 0 Å². The molecule has 0 amide bonds. The van der Waals surface area contributed by atoms with E-state index in [0.717, 1.165) is 5.71 Å². The van der Waals surface area contributed by atoms with E-state index >= 15 is 0 Å². The number of hydrogen-bond donors (Lipinski definition) is 0. The molecule has 0 saturated carbocycles. The predicted octanol–water partition coefficient (Wildman–Crippen LogP) is 5.62. The minimum Gasteiger partial charge on any atom is -0.288 e. The van der Waals surface area contributed by atoms with E-state index in [1.807, 2.05) is 7.05 Å². The molecule has 0 aromatic heterocycles. The molecule has 0 aliphatic heterocycles. The van der Waals surface area contributed by atoms with Crippen LogP contribution < -0.4 is 0 Å². The van der Waals surface area contributed by atoms with Crippen molar-refractivity contribution in [2.75, 3.05) is 7.05 Å². The second-order valence-electron chi connectivity index (χ2n) is 7.14. The summed E-state index contributed by atoms with van der Waals surface area (Å²) in [7, 11) is 1.87. The first-order valence-corrected chi connectivity index (χ1v) is 8.35. The zero-order valence-electron chi connectivity index (χ0n) is 14.7. The summed E-state index contributed by atoms with van der Waals surface area (Å²) in [5.41, 5.74) is 7.83. The Morgan fingerprint density at radius 3 is 2.39 bits per heavy atom. The van der Waals surface area contributed by atoms with Crippen LogP contribution in [0.5, 0.6) is 0 Å². The summed E-state index contributed by atoms with van der Waals surface area (Å²) in [5, 5.41) is 0. The van der Waals surface area contributed by atoms with Crippen LogP contribution in [0.3, 0.4) is 0 Å². The second-order valence-corrected chi connectivity index (χ2v) is 7.14. The van der Waals surface area contributed by atoms with Crippen LogP contribution in [0, 0.1) is 5.92 Å². The molecule has 2 aromatic rings. The number of fused-ring (bicyclic) bond motifs is 3. The molecule has 1 aliphatic rings. The zero-order chi connectivity index (χ0) is 16.6. The average Bonchev–Trinajstić information content (AvgIpc) is 2.76. The van der Waals surface area contributed by atoms with E-state index < -0.39 is 0 Å². The maximum absolute atomic E-state index is 4.48. The van der Waals surface area contributed by atoms with Gasteiger partial charge < -0.3 is 0 Å². The predicted molar refractivity (Wildman–Crippen MR) is 100 cm³/mol. The molecule has 0 saturated heterocycles. The van der Waals surface area contributed by atoms with Crippen molar-refractivity contribution in [3.63, 3.8) is 0 Å². The standard InChI is InChI=1S/C22H25N/c1-15(2)10-13-21(23-5)16-11-12-18-17-8-6-7-9-19(17)22(3,4)20(18)14-16/h6-15H,1-5H3. The van der Waals surface area contributed by atoms with Crippen LogP contribution in [0.25, 0.3) is 11.1 Å². The van der Waals surface area contributed by atoms with Gasteiger partial charge in [-0.15, -0.1) is 0 Å². The van der Waals surface area contributed by atoms with Crippen molar-refractivity contribution >= 4 is 5.71 Å². The molecule has 0 spiro atoms. The maximum atomic E-state index is 4.48. The van der Waals surface area contributed by atoms with Gasteiger partial charge in [0.2, 0.25) is 0 Å². The molecule has 2 aromatic carbocycles. The molecule has 1 nitrogen and oxygen atoms in total. The lowest BCUT2D eigenvalue weighted by Gasteiger charge is -2.22.